The summed E-state index contributed by atoms with van der Waals surface area (Å²) in [5.74, 6) is 1.25. The van der Waals surface area contributed by atoms with Crippen molar-refractivity contribution >= 4 is 11.6 Å². The van der Waals surface area contributed by atoms with Gasteiger partial charge >= 0.3 is 0 Å². The Morgan fingerprint density at radius 2 is 1.88 bits per heavy atom. The molecule has 0 radical (unpaired) electrons. The molecule has 90 valence electrons. The molecule has 0 spiro atoms. The predicted molar refractivity (Wildman–Crippen MR) is 62.4 cm³/mol. The fraction of sp³-hybridized carbons (Fsp3) is 0.600. The van der Waals surface area contributed by atoms with Gasteiger partial charge in [-0.05, 0) is 6.42 Å². The lowest BCUT2D eigenvalue weighted by molar-refractivity contribution is 0.132. The smallest absolute Gasteiger partial charge is 0.132 e. The fourth-order valence-electron chi connectivity index (χ4n) is 1.28. The summed E-state index contributed by atoms with van der Waals surface area (Å²) < 4.78 is 0. The molecule has 1 aromatic heterocycles. The van der Waals surface area contributed by atoms with Crippen LogP contribution in [0.25, 0.3) is 0 Å². The summed E-state index contributed by atoms with van der Waals surface area (Å²) in [5.41, 5.74) is -0.737. The molecule has 0 unspecified atom stereocenters. The van der Waals surface area contributed by atoms with Crippen molar-refractivity contribution in [3.63, 3.8) is 0 Å². The Labute approximate surface area is 94.7 Å². The Bertz CT molecular complexity index is 320. The van der Waals surface area contributed by atoms with E-state index < -0.39 is 5.54 Å². The lowest BCUT2D eigenvalue weighted by atomic mass is 9.98. The van der Waals surface area contributed by atoms with Crippen LogP contribution < -0.4 is 10.6 Å². The van der Waals surface area contributed by atoms with E-state index in [-0.39, 0.29) is 13.2 Å². The van der Waals surface area contributed by atoms with Crippen LogP contribution in [0.5, 0.6) is 0 Å². The van der Waals surface area contributed by atoms with Crippen LogP contribution in [0.2, 0.25) is 0 Å². The van der Waals surface area contributed by atoms with E-state index in [0.29, 0.717) is 18.1 Å². The van der Waals surface area contributed by atoms with Gasteiger partial charge < -0.3 is 20.8 Å². The van der Waals surface area contributed by atoms with Crippen LogP contribution in [0.15, 0.2) is 12.4 Å². The Balaban J connectivity index is 2.84. The standard InChI is InChI=1S/C10H18N4O2/c1-3-10(5-15,6-16)14-9-4-8(11-2)12-7-13-9/h4,7,15-16H,3,5-6H2,1-2H3,(H2,11,12,13,14). The zero-order valence-corrected chi connectivity index (χ0v) is 9.56. The molecule has 0 fully saturated rings. The molecular weight excluding hydrogens is 208 g/mol. The van der Waals surface area contributed by atoms with Crippen molar-refractivity contribution in [2.24, 2.45) is 0 Å². The van der Waals surface area contributed by atoms with E-state index in [1.54, 1.807) is 13.1 Å². The molecule has 0 amide bonds. The van der Waals surface area contributed by atoms with Gasteiger partial charge in [0.25, 0.3) is 0 Å². The lowest BCUT2D eigenvalue weighted by Crippen LogP contribution is -2.45. The molecule has 0 saturated heterocycles. The third-order valence-corrected chi connectivity index (χ3v) is 2.60. The molecule has 1 aromatic rings. The molecule has 1 heterocycles. The maximum atomic E-state index is 9.28. The van der Waals surface area contributed by atoms with Crippen molar-refractivity contribution in [1.29, 1.82) is 0 Å². The summed E-state index contributed by atoms with van der Waals surface area (Å²) in [6.07, 6.45) is 2.02. The Morgan fingerprint density at radius 1 is 1.25 bits per heavy atom. The van der Waals surface area contributed by atoms with Crippen LogP contribution in [0.4, 0.5) is 11.6 Å². The quantitative estimate of drug-likeness (QED) is 0.548. The first-order chi connectivity index (χ1) is 7.69. The largest absolute Gasteiger partial charge is 0.394 e. The van der Waals surface area contributed by atoms with E-state index in [2.05, 4.69) is 20.6 Å². The number of rotatable bonds is 6. The fourth-order valence-corrected chi connectivity index (χ4v) is 1.28. The maximum absolute atomic E-state index is 9.28. The molecule has 6 nitrogen and oxygen atoms in total. The van der Waals surface area contributed by atoms with E-state index in [1.165, 1.54) is 6.33 Å². The molecule has 0 aliphatic heterocycles. The first-order valence-electron chi connectivity index (χ1n) is 5.19. The molecule has 6 heteroatoms. The van der Waals surface area contributed by atoms with Crippen LogP contribution in [0, 0.1) is 0 Å². The average Bonchev–Trinajstić information content (AvgIpc) is 2.36. The highest BCUT2D eigenvalue weighted by molar-refractivity contribution is 5.47. The van der Waals surface area contributed by atoms with E-state index >= 15 is 0 Å². The molecule has 0 bridgehead atoms. The normalized spacial score (nSPS) is 11.2. The average molecular weight is 226 g/mol. The highest BCUT2D eigenvalue weighted by atomic mass is 16.3. The first-order valence-corrected chi connectivity index (χ1v) is 5.19. The second-order valence-corrected chi connectivity index (χ2v) is 3.61. The molecule has 1 rings (SSSR count). The first kappa shape index (κ1) is 12.7. The van der Waals surface area contributed by atoms with Crippen molar-refractivity contribution < 1.29 is 10.2 Å². The predicted octanol–water partition coefficient (Wildman–Crippen LogP) is 0.0636. The van der Waals surface area contributed by atoms with E-state index in [0.717, 1.165) is 0 Å². The van der Waals surface area contributed by atoms with Crippen molar-refractivity contribution in [2.75, 3.05) is 30.9 Å². The number of hydrogen-bond acceptors (Lipinski definition) is 6. The van der Waals surface area contributed by atoms with E-state index in [1.807, 2.05) is 6.92 Å². The number of anilines is 2. The highest BCUT2D eigenvalue weighted by Gasteiger charge is 2.26. The zero-order valence-electron chi connectivity index (χ0n) is 9.56. The number of hydrogen-bond donors (Lipinski definition) is 4. The maximum Gasteiger partial charge on any atom is 0.132 e. The summed E-state index contributed by atoms with van der Waals surface area (Å²) in [6.45, 7) is 1.58. The monoisotopic (exact) mass is 226 g/mol. The highest BCUT2D eigenvalue weighted by Crippen LogP contribution is 2.17. The van der Waals surface area contributed by atoms with E-state index in [9.17, 15) is 10.2 Å². The van der Waals surface area contributed by atoms with Gasteiger partial charge in [-0.25, -0.2) is 9.97 Å². The molecule has 0 aliphatic rings. The van der Waals surface area contributed by atoms with Crippen LogP contribution >= 0.6 is 0 Å². The summed E-state index contributed by atoms with van der Waals surface area (Å²) in [5, 5.41) is 24.5. The van der Waals surface area contributed by atoms with Gasteiger partial charge in [-0.2, -0.15) is 0 Å². The van der Waals surface area contributed by atoms with E-state index in [4.69, 9.17) is 0 Å². The minimum absolute atomic E-state index is 0.154. The lowest BCUT2D eigenvalue weighted by Gasteiger charge is -2.30. The molecule has 16 heavy (non-hydrogen) atoms. The van der Waals surface area contributed by atoms with Crippen LogP contribution in [0.1, 0.15) is 13.3 Å². The number of aliphatic hydroxyl groups is 2. The van der Waals surface area contributed by atoms with Gasteiger partial charge in [-0.3, -0.25) is 0 Å². The third-order valence-electron chi connectivity index (χ3n) is 2.60. The third kappa shape index (κ3) is 2.80. The van der Waals surface area contributed by atoms with Crippen LogP contribution in [-0.4, -0.2) is 46.0 Å². The van der Waals surface area contributed by atoms with Gasteiger partial charge in [0, 0.05) is 13.1 Å². The van der Waals surface area contributed by atoms with Gasteiger partial charge in [0.1, 0.15) is 18.0 Å². The Hall–Kier alpha value is -1.40. The molecular formula is C10H18N4O2. The SMILES string of the molecule is CCC(CO)(CO)Nc1cc(NC)ncn1. The molecule has 0 atom stereocenters. The summed E-state index contributed by atoms with van der Waals surface area (Å²) in [4.78, 5) is 8.01. The van der Waals surface area contributed by atoms with Crippen molar-refractivity contribution in [1.82, 2.24) is 9.97 Å². The molecule has 0 saturated carbocycles. The number of nitrogens with one attached hydrogen (secondary N) is 2. The van der Waals surface area contributed by atoms with Crippen LogP contribution in [0.3, 0.4) is 0 Å². The Morgan fingerprint density at radius 3 is 2.38 bits per heavy atom. The van der Waals surface area contributed by atoms with Crippen molar-refractivity contribution in [3.8, 4) is 0 Å². The summed E-state index contributed by atoms with van der Waals surface area (Å²) >= 11 is 0. The zero-order chi connectivity index (χ0) is 12.0. The topological polar surface area (TPSA) is 90.3 Å². The van der Waals surface area contributed by atoms with Crippen molar-refractivity contribution in [2.45, 2.75) is 18.9 Å². The molecule has 4 N–H and O–H groups in total. The van der Waals surface area contributed by atoms with Crippen LogP contribution in [-0.2, 0) is 0 Å². The van der Waals surface area contributed by atoms with Gasteiger partial charge in [-0.15, -0.1) is 0 Å². The summed E-state index contributed by atoms with van der Waals surface area (Å²) in [7, 11) is 1.76. The minimum atomic E-state index is -0.737. The number of aliphatic hydroxyl groups excluding tert-OH is 2. The summed E-state index contributed by atoms with van der Waals surface area (Å²) in [6, 6.07) is 1.72. The van der Waals surface area contributed by atoms with Gasteiger partial charge in [0.05, 0.1) is 18.8 Å². The Kier molecular flexibility index (Phi) is 4.45. The molecule has 0 aromatic carbocycles. The number of nitrogens with zero attached hydrogens (tertiary/aromatic N) is 2. The second kappa shape index (κ2) is 5.62. The second-order valence-electron chi connectivity index (χ2n) is 3.61. The van der Waals surface area contributed by atoms with Gasteiger partial charge in [0.2, 0.25) is 0 Å². The minimum Gasteiger partial charge on any atom is -0.394 e. The van der Waals surface area contributed by atoms with Gasteiger partial charge in [0.15, 0.2) is 0 Å². The molecule has 0 aliphatic carbocycles. The van der Waals surface area contributed by atoms with Gasteiger partial charge in [-0.1, -0.05) is 6.92 Å². The van der Waals surface area contributed by atoms with Crippen molar-refractivity contribution in [3.05, 3.63) is 12.4 Å². The number of aromatic nitrogens is 2.